The van der Waals surface area contributed by atoms with Crippen LogP contribution in [-0.4, -0.2) is 94.7 Å². The lowest BCUT2D eigenvalue weighted by molar-refractivity contribution is -0.139. The highest BCUT2D eigenvalue weighted by atomic mass is 19.1. The van der Waals surface area contributed by atoms with Gasteiger partial charge < -0.3 is 25.8 Å². The van der Waals surface area contributed by atoms with E-state index in [1.54, 1.807) is 24.8 Å². The maximum Gasteiger partial charge on any atom is 0.270 e. The summed E-state index contributed by atoms with van der Waals surface area (Å²) in [6, 6.07) is 4.15. The summed E-state index contributed by atoms with van der Waals surface area (Å²) in [5.74, 6) is -2.53. The third kappa shape index (κ3) is 8.94. The van der Waals surface area contributed by atoms with Crippen LogP contribution in [0.1, 0.15) is 81.8 Å². The lowest BCUT2D eigenvalue weighted by Crippen LogP contribution is -2.58. The van der Waals surface area contributed by atoms with Crippen molar-refractivity contribution in [3.05, 3.63) is 47.5 Å². The number of piperazine rings is 1. The van der Waals surface area contributed by atoms with E-state index in [4.69, 9.17) is 0 Å². The average Bonchev–Trinajstić information content (AvgIpc) is 3.53. The number of aromatic nitrogens is 2. The minimum atomic E-state index is -0.945. The standard InChI is InChI=1S/C34H49F2N7O4/c1-6-29(44)39-30(34(47)42-18-17-41(5)22(3)20-42)23(4)25-11-12-27(26(36)19-25)38-33(46)31(24-9-7-21(2)8-10-24)40-32(45)28-13-15-37-43(28)16-14-35/h11-13,15,19,21-24,30-31H,6-10,14,16-18,20H2,1-5H3,(H,38,46)(H,39,44)(H,40,45)/t21-,22-,23+,24-,30-,31+/m1/s1. The van der Waals surface area contributed by atoms with Gasteiger partial charge in [-0.2, -0.15) is 5.10 Å². The average molecular weight is 658 g/mol. The maximum atomic E-state index is 15.7. The third-order valence-electron chi connectivity index (χ3n) is 9.80. The first-order valence-corrected chi connectivity index (χ1v) is 16.7. The molecule has 13 heteroatoms. The monoisotopic (exact) mass is 657 g/mol. The molecule has 0 spiro atoms. The molecule has 258 valence electrons. The number of carbonyl (C=O) groups is 4. The van der Waals surface area contributed by atoms with Gasteiger partial charge in [0.15, 0.2) is 0 Å². The molecule has 1 saturated carbocycles. The molecule has 2 aliphatic rings. The molecule has 1 aliphatic heterocycles. The lowest BCUT2D eigenvalue weighted by Gasteiger charge is -2.40. The topological polar surface area (TPSA) is 129 Å². The Morgan fingerprint density at radius 1 is 1.04 bits per heavy atom. The fourth-order valence-corrected chi connectivity index (χ4v) is 6.46. The minimum absolute atomic E-state index is 0.0646. The summed E-state index contributed by atoms with van der Waals surface area (Å²) in [4.78, 5) is 56.9. The van der Waals surface area contributed by atoms with Crippen molar-refractivity contribution in [2.75, 3.05) is 38.7 Å². The van der Waals surface area contributed by atoms with Crippen LogP contribution in [0.3, 0.4) is 0 Å². The molecule has 4 atom stereocenters. The van der Waals surface area contributed by atoms with Crippen molar-refractivity contribution in [2.24, 2.45) is 11.8 Å². The number of hydrogen-bond donors (Lipinski definition) is 3. The summed E-state index contributed by atoms with van der Waals surface area (Å²) < 4.78 is 29.9. The Hall–Kier alpha value is -3.87. The summed E-state index contributed by atoms with van der Waals surface area (Å²) in [5.41, 5.74) is 0.564. The number of nitrogens with zero attached hydrogens (tertiary/aromatic N) is 4. The molecule has 0 unspecified atom stereocenters. The highest BCUT2D eigenvalue weighted by molar-refractivity contribution is 6.00. The van der Waals surface area contributed by atoms with E-state index in [1.807, 2.05) is 14.0 Å². The number of alkyl halides is 1. The predicted molar refractivity (Wildman–Crippen MR) is 175 cm³/mol. The molecule has 11 nitrogen and oxygen atoms in total. The zero-order valence-electron chi connectivity index (χ0n) is 28.1. The smallest absolute Gasteiger partial charge is 0.270 e. The number of hydrogen-bond acceptors (Lipinski definition) is 6. The van der Waals surface area contributed by atoms with Crippen LogP contribution < -0.4 is 16.0 Å². The fraction of sp³-hybridized carbons (Fsp3) is 0.618. The Labute approximate surface area is 275 Å². The second kappa shape index (κ2) is 16.3. The minimum Gasteiger partial charge on any atom is -0.344 e. The number of amides is 4. The van der Waals surface area contributed by atoms with Crippen LogP contribution in [0.5, 0.6) is 0 Å². The van der Waals surface area contributed by atoms with Crippen molar-refractivity contribution in [2.45, 2.75) is 90.4 Å². The van der Waals surface area contributed by atoms with Crippen LogP contribution in [0, 0.1) is 17.7 Å². The first-order chi connectivity index (χ1) is 22.4. The second-order valence-electron chi connectivity index (χ2n) is 13.1. The van der Waals surface area contributed by atoms with Crippen LogP contribution in [-0.2, 0) is 20.9 Å². The van der Waals surface area contributed by atoms with Gasteiger partial charge in [0.2, 0.25) is 17.7 Å². The van der Waals surface area contributed by atoms with Crippen LogP contribution in [0.4, 0.5) is 14.5 Å². The summed E-state index contributed by atoms with van der Waals surface area (Å²) in [7, 11) is 2.00. The molecule has 1 aromatic carbocycles. The number of carbonyl (C=O) groups excluding carboxylic acids is 4. The van der Waals surface area contributed by atoms with E-state index in [0.717, 1.165) is 12.8 Å². The van der Waals surface area contributed by atoms with Crippen LogP contribution in [0.15, 0.2) is 30.5 Å². The van der Waals surface area contributed by atoms with Gasteiger partial charge in [0.05, 0.1) is 12.2 Å². The molecule has 1 aromatic heterocycles. The van der Waals surface area contributed by atoms with E-state index < -0.39 is 42.3 Å². The molecule has 47 heavy (non-hydrogen) atoms. The first kappa shape index (κ1) is 36.0. The second-order valence-corrected chi connectivity index (χ2v) is 13.1. The SMILES string of the molecule is CCC(=O)N[C@@H](C(=O)N1CCN(C)[C@H](C)C1)[C@@H](C)c1ccc(NC(=O)[C@@H](NC(=O)c2ccnn2CCF)[C@H]2CC[C@H](C)CC2)c(F)c1. The molecule has 4 amide bonds. The molecule has 0 radical (unpaired) electrons. The van der Waals surface area contributed by atoms with E-state index in [9.17, 15) is 23.6 Å². The number of anilines is 1. The predicted octanol–water partition coefficient (Wildman–Crippen LogP) is 3.72. The Bertz CT molecular complexity index is 1410. The van der Waals surface area contributed by atoms with Crippen molar-refractivity contribution >= 4 is 29.3 Å². The molecular weight excluding hydrogens is 608 g/mol. The number of likely N-dealkylation sites (N-methyl/N-ethyl adjacent to an activating group) is 1. The largest absolute Gasteiger partial charge is 0.344 e. The first-order valence-electron chi connectivity index (χ1n) is 16.7. The molecule has 2 heterocycles. The zero-order valence-corrected chi connectivity index (χ0v) is 28.1. The van der Waals surface area contributed by atoms with Gasteiger partial charge >= 0.3 is 0 Å². The molecule has 2 aromatic rings. The highest BCUT2D eigenvalue weighted by Crippen LogP contribution is 2.32. The molecule has 3 N–H and O–H groups in total. The molecule has 0 bridgehead atoms. The van der Waals surface area contributed by atoms with Gasteiger partial charge in [-0.25, -0.2) is 8.78 Å². The number of benzene rings is 1. The van der Waals surface area contributed by atoms with E-state index in [0.29, 0.717) is 44.0 Å². The van der Waals surface area contributed by atoms with E-state index >= 15 is 4.39 Å². The van der Waals surface area contributed by atoms with Crippen molar-refractivity contribution in [1.29, 1.82) is 0 Å². The summed E-state index contributed by atoms with van der Waals surface area (Å²) >= 11 is 0. The van der Waals surface area contributed by atoms with Gasteiger partial charge in [-0.05, 0) is 62.4 Å². The van der Waals surface area contributed by atoms with Gasteiger partial charge in [-0.15, -0.1) is 0 Å². The zero-order chi connectivity index (χ0) is 34.2. The number of halogens is 2. The molecular formula is C34H49F2N7O4. The lowest BCUT2D eigenvalue weighted by atomic mass is 9.79. The molecule has 2 fully saturated rings. The van der Waals surface area contributed by atoms with E-state index in [-0.39, 0.29) is 48.1 Å². The van der Waals surface area contributed by atoms with Gasteiger partial charge in [0, 0.05) is 44.2 Å². The Morgan fingerprint density at radius 3 is 2.40 bits per heavy atom. The molecule has 4 rings (SSSR count). The van der Waals surface area contributed by atoms with Crippen molar-refractivity contribution in [3.63, 3.8) is 0 Å². The fourth-order valence-electron chi connectivity index (χ4n) is 6.46. The van der Waals surface area contributed by atoms with Crippen LogP contribution >= 0.6 is 0 Å². The van der Waals surface area contributed by atoms with Crippen LogP contribution in [0.25, 0.3) is 0 Å². The summed E-state index contributed by atoms with van der Waals surface area (Å²) in [6.07, 6.45) is 4.82. The van der Waals surface area contributed by atoms with Crippen molar-refractivity contribution in [1.82, 2.24) is 30.2 Å². The maximum absolute atomic E-state index is 15.7. The number of nitrogens with one attached hydrogen (secondary N) is 3. The van der Waals surface area contributed by atoms with Gasteiger partial charge in [0.25, 0.3) is 5.91 Å². The Balaban J connectivity index is 1.52. The Morgan fingerprint density at radius 2 is 1.77 bits per heavy atom. The third-order valence-corrected chi connectivity index (χ3v) is 9.80. The Kier molecular flexibility index (Phi) is 12.5. The highest BCUT2D eigenvalue weighted by Gasteiger charge is 2.36. The van der Waals surface area contributed by atoms with Crippen LogP contribution in [0.2, 0.25) is 0 Å². The normalized spacial score (nSPS) is 22.2. The van der Waals surface area contributed by atoms with Gasteiger partial charge in [-0.1, -0.05) is 39.7 Å². The number of rotatable bonds is 12. The number of aryl methyl sites for hydroxylation is 1. The van der Waals surface area contributed by atoms with Gasteiger partial charge in [0.1, 0.15) is 30.3 Å². The molecule has 1 saturated heterocycles. The van der Waals surface area contributed by atoms with E-state index in [2.05, 4.69) is 32.9 Å². The summed E-state index contributed by atoms with van der Waals surface area (Å²) in [5, 5.41) is 12.3. The quantitative estimate of drug-likeness (QED) is 0.319. The van der Waals surface area contributed by atoms with Crippen molar-refractivity contribution < 1.29 is 28.0 Å². The summed E-state index contributed by atoms with van der Waals surface area (Å²) in [6.45, 7) is 8.64. The van der Waals surface area contributed by atoms with Crippen molar-refractivity contribution in [3.8, 4) is 0 Å². The molecule has 1 aliphatic carbocycles. The van der Waals surface area contributed by atoms with E-state index in [1.165, 1.54) is 29.1 Å². The van der Waals surface area contributed by atoms with Gasteiger partial charge in [-0.3, -0.25) is 23.9 Å².